The van der Waals surface area contributed by atoms with Gasteiger partial charge in [-0.05, 0) is 42.1 Å². The minimum Gasteiger partial charge on any atom is -0.477 e. The van der Waals surface area contributed by atoms with Gasteiger partial charge in [0.25, 0.3) is 0 Å². The van der Waals surface area contributed by atoms with Crippen molar-refractivity contribution in [3.05, 3.63) is 64.3 Å². The molecule has 29 heavy (non-hydrogen) atoms. The van der Waals surface area contributed by atoms with Gasteiger partial charge < -0.3 is 9.84 Å². The van der Waals surface area contributed by atoms with E-state index >= 15 is 0 Å². The van der Waals surface area contributed by atoms with Crippen molar-refractivity contribution in [2.75, 3.05) is 19.7 Å². The molecule has 1 unspecified atom stereocenters. The molecule has 6 nitrogen and oxygen atoms in total. The van der Waals surface area contributed by atoms with Crippen LogP contribution in [-0.2, 0) is 14.8 Å². The number of carboxylic acids is 1. The first-order valence-corrected chi connectivity index (χ1v) is 11.2. The zero-order valence-corrected chi connectivity index (χ0v) is 17.1. The zero-order chi connectivity index (χ0) is 20.8. The number of aryl methyl sites for hydroxylation is 1. The lowest BCUT2D eigenvalue weighted by Crippen LogP contribution is -2.42. The Morgan fingerprint density at radius 3 is 2.76 bits per heavy atom. The van der Waals surface area contributed by atoms with E-state index in [0.717, 1.165) is 27.5 Å². The van der Waals surface area contributed by atoms with Crippen LogP contribution in [0.1, 0.15) is 26.9 Å². The topological polar surface area (TPSA) is 83.9 Å². The second-order valence-electron chi connectivity index (χ2n) is 6.78. The molecular weight excluding hydrogens is 417 g/mol. The van der Waals surface area contributed by atoms with Crippen LogP contribution >= 0.6 is 11.3 Å². The van der Waals surface area contributed by atoms with Gasteiger partial charge in [0.05, 0.1) is 17.6 Å². The Bertz CT molecular complexity index is 1200. The van der Waals surface area contributed by atoms with Crippen molar-refractivity contribution >= 4 is 37.4 Å². The molecule has 3 aromatic rings. The molecule has 1 N–H and O–H groups in total. The van der Waals surface area contributed by atoms with E-state index in [2.05, 4.69) is 0 Å². The second-order valence-corrected chi connectivity index (χ2v) is 9.77. The SMILES string of the molecule is Cc1cc(S(=O)(=O)N2CCOC(c3c(C(=O)O)sc4ccccc34)C2)ccc1F. The summed E-state index contributed by atoms with van der Waals surface area (Å²) in [6, 6.07) is 11.0. The second kappa shape index (κ2) is 7.49. The first kappa shape index (κ1) is 20.0. The van der Waals surface area contributed by atoms with Crippen molar-refractivity contribution in [2.24, 2.45) is 0 Å². The molecular formula is C20H18FNO5S2. The molecule has 1 aromatic heterocycles. The predicted molar refractivity (Wildman–Crippen MR) is 107 cm³/mol. The highest BCUT2D eigenvalue weighted by Crippen LogP contribution is 2.39. The lowest BCUT2D eigenvalue weighted by atomic mass is 10.0. The number of fused-ring (bicyclic) bond motifs is 1. The number of hydrogen-bond donors (Lipinski definition) is 1. The number of ether oxygens (including phenoxy) is 1. The largest absolute Gasteiger partial charge is 0.477 e. The lowest BCUT2D eigenvalue weighted by Gasteiger charge is -2.32. The normalized spacial score (nSPS) is 18.2. The van der Waals surface area contributed by atoms with Gasteiger partial charge in [-0.15, -0.1) is 11.3 Å². The van der Waals surface area contributed by atoms with Crippen LogP contribution in [0.2, 0.25) is 0 Å². The Morgan fingerprint density at radius 2 is 2.03 bits per heavy atom. The Kier molecular flexibility index (Phi) is 5.16. The molecule has 0 aliphatic carbocycles. The average molecular weight is 435 g/mol. The number of aromatic carboxylic acids is 1. The summed E-state index contributed by atoms with van der Waals surface area (Å²) in [5.74, 6) is -1.54. The van der Waals surface area contributed by atoms with E-state index in [1.54, 1.807) is 0 Å². The maximum atomic E-state index is 13.6. The van der Waals surface area contributed by atoms with Crippen LogP contribution < -0.4 is 0 Å². The van der Waals surface area contributed by atoms with Crippen molar-refractivity contribution in [1.82, 2.24) is 4.31 Å². The lowest BCUT2D eigenvalue weighted by molar-refractivity contribution is -0.00220. The fourth-order valence-corrected chi connectivity index (χ4v) is 6.09. The van der Waals surface area contributed by atoms with Crippen LogP contribution in [0.15, 0.2) is 47.4 Å². The molecule has 1 fully saturated rings. The van der Waals surface area contributed by atoms with Gasteiger partial charge in [-0.1, -0.05) is 18.2 Å². The standard InChI is InChI=1S/C20H18FNO5S2/c1-12-10-13(6-7-15(12)21)29(25,26)22-8-9-27-16(11-22)18-14-4-2-3-5-17(14)28-19(18)20(23)24/h2-7,10,16H,8-9,11H2,1H3,(H,23,24). The number of carboxylic acid groups (broad SMARTS) is 1. The highest BCUT2D eigenvalue weighted by atomic mass is 32.2. The molecule has 1 aliphatic heterocycles. The Morgan fingerprint density at radius 1 is 1.28 bits per heavy atom. The first-order chi connectivity index (χ1) is 13.8. The Balaban J connectivity index is 1.72. The van der Waals surface area contributed by atoms with Crippen LogP contribution in [0, 0.1) is 12.7 Å². The number of sulfonamides is 1. The predicted octanol–water partition coefficient (Wildman–Crippen LogP) is 3.81. The number of hydrogen-bond acceptors (Lipinski definition) is 5. The quantitative estimate of drug-likeness (QED) is 0.674. The summed E-state index contributed by atoms with van der Waals surface area (Å²) in [5.41, 5.74) is 0.737. The third kappa shape index (κ3) is 3.55. The van der Waals surface area contributed by atoms with E-state index in [0.29, 0.717) is 5.56 Å². The number of thiophene rings is 1. The van der Waals surface area contributed by atoms with Crippen LogP contribution in [0.5, 0.6) is 0 Å². The minimum atomic E-state index is -3.87. The molecule has 2 aromatic carbocycles. The summed E-state index contributed by atoms with van der Waals surface area (Å²) in [4.78, 5) is 11.9. The van der Waals surface area contributed by atoms with Crippen LogP contribution in [0.3, 0.4) is 0 Å². The summed E-state index contributed by atoms with van der Waals surface area (Å²) < 4.78 is 47.6. The summed E-state index contributed by atoms with van der Waals surface area (Å²) in [6.07, 6.45) is -0.706. The smallest absolute Gasteiger partial charge is 0.346 e. The zero-order valence-electron chi connectivity index (χ0n) is 15.5. The molecule has 0 spiro atoms. The van der Waals surface area contributed by atoms with Crippen LogP contribution in [0.4, 0.5) is 4.39 Å². The van der Waals surface area contributed by atoms with E-state index in [1.807, 2.05) is 24.3 Å². The number of rotatable bonds is 4. The number of benzene rings is 2. The number of nitrogens with zero attached hydrogens (tertiary/aromatic N) is 1. The van der Waals surface area contributed by atoms with Gasteiger partial charge in [0, 0.05) is 23.4 Å². The number of morpholine rings is 1. The molecule has 2 heterocycles. The molecule has 9 heteroatoms. The van der Waals surface area contributed by atoms with Crippen molar-refractivity contribution in [1.29, 1.82) is 0 Å². The number of carbonyl (C=O) groups is 1. The van der Waals surface area contributed by atoms with E-state index in [9.17, 15) is 22.7 Å². The molecule has 152 valence electrons. The molecule has 0 amide bonds. The van der Waals surface area contributed by atoms with Gasteiger partial charge in [-0.3, -0.25) is 0 Å². The maximum absolute atomic E-state index is 13.6. The molecule has 0 bridgehead atoms. The van der Waals surface area contributed by atoms with Crippen molar-refractivity contribution < 1.29 is 27.4 Å². The van der Waals surface area contributed by atoms with E-state index in [-0.39, 0.29) is 35.0 Å². The molecule has 4 rings (SSSR count). The van der Waals surface area contributed by atoms with Gasteiger partial charge in [0.1, 0.15) is 10.7 Å². The molecule has 1 atom stereocenters. The summed E-state index contributed by atoms with van der Waals surface area (Å²) in [6.45, 7) is 1.76. The summed E-state index contributed by atoms with van der Waals surface area (Å²) in [5, 5.41) is 10.4. The van der Waals surface area contributed by atoms with Gasteiger partial charge in [0.2, 0.25) is 10.0 Å². The van der Waals surface area contributed by atoms with E-state index in [1.165, 1.54) is 23.4 Å². The van der Waals surface area contributed by atoms with Gasteiger partial charge in [-0.25, -0.2) is 17.6 Å². The van der Waals surface area contributed by atoms with Gasteiger partial charge in [-0.2, -0.15) is 4.31 Å². The Hall–Kier alpha value is -2.33. The Labute approximate surface area is 171 Å². The monoisotopic (exact) mass is 435 g/mol. The van der Waals surface area contributed by atoms with E-state index < -0.39 is 27.9 Å². The van der Waals surface area contributed by atoms with Gasteiger partial charge >= 0.3 is 5.97 Å². The van der Waals surface area contributed by atoms with Gasteiger partial charge in [0.15, 0.2) is 0 Å². The number of halogens is 1. The summed E-state index contributed by atoms with van der Waals surface area (Å²) >= 11 is 1.15. The highest BCUT2D eigenvalue weighted by Gasteiger charge is 2.35. The summed E-state index contributed by atoms with van der Waals surface area (Å²) in [7, 11) is -3.87. The van der Waals surface area contributed by atoms with E-state index in [4.69, 9.17) is 4.74 Å². The fraction of sp³-hybridized carbons (Fsp3) is 0.250. The molecule has 0 saturated carbocycles. The molecule has 1 saturated heterocycles. The van der Waals surface area contributed by atoms with Crippen molar-refractivity contribution in [3.8, 4) is 0 Å². The van der Waals surface area contributed by atoms with Crippen molar-refractivity contribution in [2.45, 2.75) is 17.9 Å². The third-order valence-corrected chi connectivity index (χ3v) is 7.98. The van der Waals surface area contributed by atoms with Crippen molar-refractivity contribution in [3.63, 3.8) is 0 Å². The average Bonchev–Trinajstić information content (AvgIpc) is 3.10. The van der Waals surface area contributed by atoms with Crippen LogP contribution in [-0.4, -0.2) is 43.5 Å². The fourth-order valence-electron chi connectivity index (χ4n) is 3.49. The molecule has 0 radical (unpaired) electrons. The maximum Gasteiger partial charge on any atom is 0.346 e. The molecule has 1 aliphatic rings. The first-order valence-electron chi connectivity index (χ1n) is 8.91. The third-order valence-electron chi connectivity index (χ3n) is 4.95. The van der Waals surface area contributed by atoms with Crippen LogP contribution in [0.25, 0.3) is 10.1 Å². The highest BCUT2D eigenvalue weighted by molar-refractivity contribution is 7.89. The minimum absolute atomic E-state index is 0.00526.